The molecule has 1 aromatic heterocycles. The highest BCUT2D eigenvalue weighted by molar-refractivity contribution is 5.98. The minimum absolute atomic E-state index is 0.246. The lowest BCUT2D eigenvalue weighted by Crippen LogP contribution is -2.25. The van der Waals surface area contributed by atoms with Gasteiger partial charge < -0.3 is 16.0 Å². The summed E-state index contributed by atoms with van der Waals surface area (Å²) in [7, 11) is 0. The van der Waals surface area contributed by atoms with Gasteiger partial charge in [0.05, 0.1) is 0 Å². The first-order chi connectivity index (χ1) is 16.1. The van der Waals surface area contributed by atoms with E-state index in [1.54, 1.807) is 18.3 Å². The molecule has 1 unspecified atom stereocenters. The van der Waals surface area contributed by atoms with Crippen molar-refractivity contribution in [3.8, 4) is 0 Å². The number of nitrogens with zero attached hydrogens (tertiary/aromatic N) is 2. The van der Waals surface area contributed by atoms with E-state index in [-0.39, 0.29) is 11.7 Å². The lowest BCUT2D eigenvalue weighted by molar-refractivity contribution is 0.0951. The van der Waals surface area contributed by atoms with Gasteiger partial charge in [-0.25, -0.2) is 9.37 Å². The van der Waals surface area contributed by atoms with Crippen molar-refractivity contribution in [1.29, 1.82) is 0 Å². The van der Waals surface area contributed by atoms with E-state index in [0.29, 0.717) is 29.8 Å². The van der Waals surface area contributed by atoms with E-state index in [1.807, 2.05) is 0 Å². The Bertz CT molecular complexity index is 858. The third kappa shape index (κ3) is 8.98. The van der Waals surface area contributed by atoms with E-state index in [2.05, 4.69) is 32.8 Å². The Hall–Kier alpha value is -2.70. The quantitative estimate of drug-likeness (QED) is 0.535. The molecule has 0 saturated carbocycles. The molecule has 2 bridgehead atoms. The molecule has 1 atom stereocenters. The average Bonchev–Trinajstić information content (AvgIpc) is 2.82. The van der Waals surface area contributed by atoms with Gasteiger partial charge in [-0.3, -0.25) is 4.79 Å². The van der Waals surface area contributed by atoms with Gasteiger partial charge in [-0.05, 0) is 42.9 Å². The van der Waals surface area contributed by atoms with Crippen molar-refractivity contribution in [3.63, 3.8) is 0 Å². The van der Waals surface area contributed by atoms with Crippen LogP contribution in [0.4, 0.5) is 16.2 Å². The summed E-state index contributed by atoms with van der Waals surface area (Å²) in [6.07, 6.45) is 14.0. The summed E-state index contributed by atoms with van der Waals surface area (Å²) in [5, 5.41) is 9.55. The molecule has 1 aliphatic rings. The van der Waals surface area contributed by atoms with Crippen LogP contribution < -0.4 is 16.0 Å². The van der Waals surface area contributed by atoms with Gasteiger partial charge in [-0.2, -0.15) is 4.98 Å². The Morgan fingerprint density at radius 3 is 2.42 bits per heavy atom. The highest BCUT2D eigenvalue weighted by atomic mass is 19.1. The van der Waals surface area contributed by atoms with Gasteiger partial charge >= 0.3 is 0 Å². The van der Waals surface area contributed by atoms with E-state index in [1.165, 1.54) is 57.1 Å². The third-order valence-corrected chi connectivity index (χ3v) is 6.22. The number of rotatable bonds is 3. The smallest absolute Gasteiger partial charge is 0.256 e. The molecular weight excluding hydrogens is 417 g/mol. The number of benzene rings is 1. The van der Waals surface area contributed by atoms with E-state index in [9.17, 15) is 9.18 Å². The Balaban J connectivity index is 1.64. The van der Waals surface area contributed by atoms with Crippen LogP contribution in [0.15, 0.2) is 30.5 Å². The minimum atomic E-state index is -0.292. The van der Waals surface area contributed by atoms with Gasteiger partial charge in [0.2, 0.25) is 5.95 Å². The number of hydrogen-bond acceptors (Lipinski definition) is 5. The first-order valence-electron chi connectivity index (χ1n) is 12.5. The third-order valence-electron chi connectivity index (χ3n) is 6.22. The zero-order valence-electron chi connectivity index (χ0n) is 19.8. The zero-order chi connectivity index (χ0) is 23.3. The van der Waals surface area contributed by atoms with E-state index in [0.717, 1.165) is 37.9 Å². The summed E-state index contributed by atoms with van der Waals surface area (Å²) >= 11 is 0. The summed E-state index contributed by atoms with van der Waals surface area (Å²) in [6.45, 7) is 4.24. The van der Waals surface area contributed by atoms with Crippen molar-refractivity contribution in [1.82, 2.24) is 15.3 Å². The van der Waals surface area contributed by atoms with Crippen LogP contribution in [0, 0.1) is 11.7 Å². The highest BCUT2D eigenvalue weighted by Gasteiger charge is 2.15. The largest absolute Gasteiger partial charge is 0.369 e. The van der Waals surface area contributed by atoms with Gasteiger partial charge in [-0.15, -0.1) is 0 Å². The molecule has 1 amide bonds. The second-order valence-corrected chi connectivity index (χ2v) is 9.13. The number of carbonyl (C=O) groups is 1. The maximum atomic E-state index is 13.1. The van der Waals surface area contributed by atoms with Gasteiger partial charge in [0, 0.05) is 25.8 Å². The first-order valence-corrected chi connectivity index (χ1v) is 12.5. The number of nitrogens with one attached hydrogen (secondary N) is 3. The number of hydrogen-bond donors (Lipinski definition) is 3. The lowest BCUT2D eigenvalue weighted by atomic mass is 9.97. The van der Waals surface area contributed by atoms with Crippen molar-refractivity contribution in [2.24, 2.45) is 5.92 Å². The second-order valence-electron chi connectivity index (χ2n) is 9.13. The second kappa shape index (κ2) is 13.8. The zero-order valence-corrected chi connectivity index (χ0v) is 19.8. The van der Waals surface area contributed by atoms with Crippen molar-refractivity contribution >= 4 is 17.7 Å². The normalized spacial score (nSPS) is 18.8. The maximum Gasteiger partial charge on any atom is 0.256 e. The number of anilines is 2. The van der Waals surface area contributed by atoms with Crippen molar-refractivity contribution in [2.75, 3.05) is 23.7 Å². The minimum Gasteiger partial charge on any atom is -0.369 e. The molecule has 1 aromatic carbocycles. The van der Waals surface area contributed by atoms with Crippen LogP contribution in [-0.2, 0) is 6.54 Å². The van der Waals surface area contributed by atoms with Gasteiger partial charge in [0.1, 0.15) is 17.2 Å². The Kier molecular flexibility index (Phi) is 10.4. The molecule has 3 rings (SSSR count). The van der Waals surface area contributed by atoms with Crippen LogP contribution in [0.25, 0.3) is 0 Å². The Morgan fingerprint density at radius 1 is 0.970 bits per heavy atom. The fourth-order valence-electron chi connectivity index (χ4n) is 4.15. The predicted octanol–water partition coefficient (Wildman–Crippen LogP) is 5.92. The number of amides is 1. The summed E-state index contributed by atoms with van der Waals surface area (Å²) in [5.74, 6) is 1.27. The summed E-state index contributed by atoms with van der Waals surface area (Å²) in [6, 6.07) is 6.11. The highest BCUT2D eigenvalue weighted by Crippen LogP contribution is 2.19. The topological polar surface area (TPSA) is 78.9 Å². The molecule has 0 radical (unpaired) electrons. The maximum absolute atomic E-state index is 13.1. The average molecular weight is 456 g/mol. The molecule has 33 heavy (non-hydrogen) atoms. The summed E-state index contributed by atoms with van der Waals surface area (Å²) in [5.41, 5.74) is 1.26. The van der Waals surface area contributed by atoms with E-state index >= 15 is 0 Å². The number of fused-ring (bicyclic) bond motifs is 2. The predicted molar refractivity (Wildman–Crippen MR) is 132 cm³/mol. The molecule has 2 aromatic rings. The monoisotopic (exact) mass is 455 g/mol. The molecule has 0 saturated heterocycles. The first kappa shape index (κ1) is 24.9. The lowest BCUT2D eigenvalue weighted by Gasteiger charge is -2.15. The van der Waals surface area contributed by atoms with Gasteiger partial charge in [0.15, 0.2) is 0 Å². The van der Waals surface area contributed by atoms with Crippen LogP contribution >= 0.6 is 0 Å². The molecular formula is C26H38FN5O. The van der Waals surface area contributed by atoms with Crippen molar-refractivity contribution < 1.29 is 9.18 Å². The molecule has 180 valence electrons. The van der Waals surface area contributed by atoms with Crippen LogP contribution in [0.5, 0.6) is 0 Å². The van der Waals surface area contributed by atoms with E-state index < -0.39 is 0 Å². The standard InChI is InChI=1S/C26H38FN5O/c1-20-10-7-5-3-2-4-6-8-16-29-26-31-19-23(24(32-26)28-17-9-11-20)25(33)30-18-21-12-14-22(27)15-13-21/h12-15,19-20H,2-11,16-18H2,1H3,(H,30,33)(H2,28,29,31,32). The van der Waals surface area contributed by atoms with Gasteiger partial charge in [0.25, 0.3) is 5.91 Å². The van der Waals surface area contributed by atoms with Crippen molar-refractivity contribution in [3.05, 3.63) is 47.4 Å². The molecule has 2 heterocycles. The summed E-state index contributed by atoms with van der Waals surface area (Å²) < 4.78 is 13.1. The molecule has 0 aliphatic carbocycles. The number of halogens is 1. The van der Waals surface area contributed by atoms with Gasteiger partial charge in [-0.1, -0.05) is 64.0 Å². The SMILES string of the molecule is CC1CCCCCCCCCNc2ncc(C(=O)NCc3ccc(F)cc3)c(n2)NCCC1. The van der Waals surface area contributed by atoms with Crippen molar-refractivity contribution in [2.45, 2.75) is 77.7 Å². The fourth-order valence-corrected chi connectivity index (χ4v) is 4.15. The summed E-state index contributed by atoms with van der Waals surface area (Å²) in [4.78, 5) is 21.8. The number of aromatic nitrogens is 2. The van der Waals surface area contributed by atoms with E-state index in [4.69, 9.17) is 0 Å². The van der Waals surface area contributed by atoms with Crippen LogP contribution in [0.2, 0.25) is 0 Å². The molecule has 3 N–H and O–H groups in total. The Labute approximate surface area is 197 Å². The fraction of sp³-hybridized carbons (Fsp3) is 0.577. The molecule has 0 fully saturated rings. The van der Waals surface area contributed by atoms with Crippen LogP contribution in [0.3, 0.4) is 0 Å². The number of carbonyl (C=O) groups excluding carboxylic acids is 1. The molecule has 7 heteroatoms. The molecule has 0 spiro atoms. The molecule has 1 aliphatic heterocycles. The van der Waals surface area contributed by atoms with Crippen LogP contribution in [0.1, 0.15) is 87.1 Å². The Morgan fingerprint density at radius 2 is 1.64 bits per heavy atom. The van der Waals surface area contributed by atoms with Crippen LogP contribution in [-0.4, -0.2) is 29.0 Å². The molecule has 6 nitrogen and oxygen atoms in total.